The number of carbonyl (C=O) groups is 1. The number of hydrogen-bond acceptors (Lipinski definition) is 3. The molecule has 0 amide bonds. The van der Waals surface area contributed by atoms with Gasteiger partial charge in [-0.3, -0.25) is 4.79 Å². The van der Waals surface area contributed by atoms with E-state index in [0.717, 1.165) is 25.7 Å². The molecule has 1 aliphatic carbocycles. The predicted octanol–water partition coefficient (Wildman–Crippen LogP) is 1.89. The maximum atomic E-state index is 12.1. The summed E-state index contributed by atoms with van der Waals surface area (Å²) in [6.07, 6.45) is 6.66. The van der Waals surface area contributed by atoms with Gasteiger partial charge in [0.05, 0.1) is 0 Å². The largest absolute Gasteiger partial charge is 0.374 e. The van der Waals surface area contributed by atoms with Crippen molar-refractivity contribution in [2.75, 3.05) is 19.8 Å². The maximum absolute atomic E-state index is 12.1. The fourth-order valence-corrected chi connectivity index (χ4v) is 2.35. The van der Waals surface area contributed by atoms with Crippen LogP contribution in [0.25, 0.3) is 0 Å². The Labute approximate surface area is 92.4 Å². The molecule has 0 bridgehead atoms. The molecule has 0 unspecified atom stereocenters. The molecule has 0 aliphatic heterocycles. The van der Waals surface area contributed by atoms with Gasteiger partial charge in [0, 0.05) is 18.6 Å². The Hall–Kier alpha value is -0.410. The SMILES string of the molecule is CCOCC(=O)C1(CN)CCCCCC1. The van der Waals surface area contributed by atoms with Gasteiger partial charge < -0.3 is 10.5 Å². The van der Waals surface area contributed by atoms with E-state index in [0.29, 0.717) is 13.2 Å². The summed E-state index contributed by atoms with van der Waals surface area (Å²) in [4.78, 5) is 12.1. The van der Waals surface area contributed by atoms with Crippen LogP contribution < -0.4 is 5.73 Å². The van der Waals surface area contributed by atoms with E-state index in [4.69, 9.17) is 10.5 Å². The number of carbonyl (C=O) groups excluding carboxylic acids is 1. The molecule has 0 radical (unpaired) electrons. The highest BCUT2D eigenvalue weighted by Crippen LogP contribution is 2.35. The van der Waals surface area contributed by atoms with Crippen molar-refractivity contribution in [3.8, 4) is 0 Å². The molecule has 3 heteroatoms. The first-order valence-electron chi connectivity index (χ1n) is 6.06. The van der Waals surface area contributed by atoms with Crippen LogP contribution in [0, 0.1) is 5.41 Å². The third-order valence-corrected chi connectivity index (χ3v) is 3.48. The number of ether oxygens (including phenoxy) is 1. The highest BCUT2D eigenvalue weighted by molar-refractivity contribution is 5.86. The average molecular weight is 213 g/mol. The van der Waals surface area contributed by atoms with Crippen molar-refractivity contribution in [3.63, 3.8) is 0 Å². The van der Waals surface area contributed by atoms with Crippen molar-refractivity contribution < 1.29 is 9.53 Å². The monoisotopic (exact) mass is 213 g/mol. The Morgan fingerprint density at radius 3 is 2.33 bits per heavy atom. The van der Waals surface area contributed by atoms with E-state index in [2.05, 4.69) is 0 Å². The van der Waals surface area contributed by atoms with Gasteiger partial charge >= 0.3 is 0 Å². The van der Waals surface area contributed by atoms with E-state index < -0.39 is 0 Å². The fourth-order valence-electron chi connectivity index (χ4n) is 2.35. The quantitative estimate of drug-likeness (QED) is 0.709. The third-order valence-electron chi connectivity index (χ3n) is 3.48. The highest BCUT2D eigenvalue weighted by atomic mass is 16.5. The van der Waals surface area contributed by atoms with Crippen molar-refractivity contribution in [2.24, 2.45) is 11.1 Å². The second-order valence-electron chi connectivity index (χ2n) is 4.46. The smallest absolute Gasteiger partial charge is 0.165 e. The van der Waals surface area contributed by atoms with E-state index in [1.54, 1.807) is 0 Å². The molecule has 0 saturated heterocycles. The van der Waals surface area contributed by atoms with Crippen LogP contribution >= 0.6 is 0 Å². The van der Waals surface area contributed by atoms with Crippen LogP contribution in [0.3, 0.4) is 0 Å². The summed E-state index contributed by atoms with van der Waals surface area (Å²) in [5.41, 5.74) is 5.53. The highest BCUT2D eigenvalue weighted by Gasteiger charge is 2.36. The molecular weight excluding hydrogens is 190 g/mol. The first-order chi connectivity index (χ1) is 7.25. The van der Waals surface area contributed by atoms with E-state index >= 15 is 0 Å². The van der Waals surface area contributed by atoms with Crippen LogP contribution in [0.2, 0.25) is 0 Å². The second-order valence-corrected chi connectivity index (χ2v) is 4.46. The Kier molecular flexibility index (Phi) is 5.26. The zero-order chi connectivity index (χ0) is 11.1. The minimum Gasteiger partial charge on any atom is -0.374 e. The van der Waals surface area contributed by atoms with Gasteiger partial charge in [0.2, 0.25) is 0 Å². The van der Waals surface area contributed by atoms with Crippen LogP contribution in [-0.4, -0.2) is 25.5 Å². The summed E-state index contributed by atoms with van der Waals surface area (Å²) in [6.45, 7) is 3.24. The van der Waals surface area contributed by atoms with Gasteiger partial charge in [0.1, 0.15) is 6.61 Å². The maximum Gasteiger partial charge on any atom is 0.165 e. The number of hydrogen-bond donors (Lipinski definition) is 1. The topological polar surface area (TPSA) is 52.3 Å². The number of ketones is 1. The van der Waals surface area contributed by atoms with E-state index in [1.165, 1.54) is 12.8 Å². The van der Waals surface area contributed by atoms with Gasteiger partial charge in [-0.05, 0) is 19.8 Å². The van der Waals surface area contributed by atoms with Crippen LogP contribution in [-0.2, 0) is 9.53 Å². The molecule has 1 fully saturated rings. The molecule has 15 heavy (non-hydrogen) atoms. The first kappa shape index (κ1) is 12.7. The molecule has 0 spiro atoms. The van der Waals surface area contributed by atoms with Gasteiger partial charge in [-0.1, -0.05) is 25.7 Å². The summed E-state index contributed by atoms with van der Waals surface area (Å²) in [7, 11) is 0. The lowest BCUT2D eigenvalue weighted by Gasteiger charge is -2.29. The van der Waals surface area contributed by atoms with Crippen molar-refractivity contribution in [2.45, 2.75) is 45.4 Å². The minimum atomic E-state index is -0.272. The molecule has 0 aromatic carbocycles. The molecule has 1 aliphatic rings. The normalized spacial score (nSPS) is 20.9. The molecule has 88 valence electrons. The average Bonchev–Trinajstić information content (AvgIpc) is 2.52. The molecule has 0 atom stereocenters. The van der Waals surface area contributed by atoms with Gasteiger partial charge in [-0.2, -0.15) is 0 Å². The second kappa shape index (κ2) is 6.23. The molecule has 0 heterocycles. The summed E-state index contributed by atoms with van der Waals surface area (Å²) in [5, 5.41) is 0. The minimum absolute atomic E-state index is 0.216. The van der Waals surface area contributed by atoms with Crippen molar-refractivity contribution in [3.05, 3.63) is 0 Å². The van der Waals surface area contributed by atoms with Crippen molar-refractivity contribution in [1.29, 1.82) is 0 Å². The number of Topliss-reactive ketones (excluding diaryl/α,β-unsaturated/α-hetero) is 1. The molecule has 0 aromatic rings. The molecular formula is C12H23NO2. The van der Waals surface area contributed by atoms with Gasteiger partial charge in [-0.15, -0.1) is 0 Å². The lowest BCUT2D eigenvalue weighted by atomic mass is 9.77. The zero-order valence-corrected chi connectivity index (χ0v) is 9.76. The predicted molar refractivity (Wildman–Crippen MR) is 60.7 cm³/mol. The molecule has 1 saturated carbocycles. The molecule has 1 rings (SSSR count). The number of nitrogens with two attached hydrogens (primary N) is 1. The van der Waals surface area contributed by atoms with E-state index in [1.807, 2.05) is 6.92 Å². The summed E-state index contributed by atoms with van der Waals surface area (Å²) in [6, 6.07) is 0. The van der Waals surface area contributed by atoms with Crippen LogP contribution in [0.4, 0.5) is 0 Å². The summed E-state index contributed by atoms with van der Waals surface area (Å²) < 4.78 is 5.21. The van der Waals surface area contributed by atoms with Crippen molar-refractivity contribution >= 4 is 5.78 Å². The molecule has 3 nitrogen and oxygen atoms in total. The lowest BCUT2D eigenvalue weighted by molar-refractivity contribution is -0.133. The van der Waals surface area contributed by atoms with E-state index in [-0.39, 0.29) is 17.8 Å². The molecule has 2 N–H and O–H groups in total. The Morgan fingerprint density at radius 2 is 1.87 bits per heavy atom. The van der Waals surface area contributed by atoms with Crippen LogP contribution in [0.1, 0.15) is 45.4 Å². The van der Waals surface area contributed by atoms with Gasteiger partial charge in [0.15, 0.2) is 5.78 Å². The fraction of sp³-hybridized carbons (Fsp3) is 0.917. The van der Waals surface area contributed by atoms with Gasteiger partial charge in [-0.25, -0.2) is 0 Å². The third kappa shape index (κ3) is 3.28. The van der Waals surface area contributed by atoms with Gasteiger partial charge in [0.25, 0.3) is 0 Å². The first-order valence-corrected chi connectivity index (χ1v) is 6.06. The molecule has 0 aromatic heterocycles. The number of rotatable bonds is 5. The zero-order valence-electron chi connectivity index (χ0n) is 9.76. The Morgan fingerprint density at radius 1 is 1.27 bits per heavy atom. The Bertz CT molecular complexity index is 196. The van der Waals surface area contributed by atoms with Crippen LogP contribution in [0.5, 0.6) is 0 Å². The van der Waals surface area contributed by atoms with Crippen molar-refractivity contribution in [1.82, 2.24) is 0 Å². The summed E-state index contributed by atoms with van der Waals surface area (Å²) >= 11 is 0. The summed E-state index contributed by atoms with van der Waals surface area (Å²) in [5.74, 6) is 0.216. The Balaban J connectivity index is 2.59. The van der Waals surface area contributed by atoms with Crippen LogP contribution in [0.15, 0.2) is 0 Å². The standard InChI is InChI=1S/C12H23NO2/c1-2-15-9-11(14)12(10-13)7-5-3-4-6-8-12/h2-10,13H2,1H3. The lowest BCUT2D eigenvalue weighted by Crippen LogP contribution is -2.40. The van der Waals surface area contributed by atoms with E-state index in [9.17, 15) is 4.79 Å².